The van der Waals surface area contributed by atoms with Crippen LogP contribution in [0.3, 0.4) is 0 Å². The second-order valence-electron chi connectivity index (χ2n) is 14.3. The minimum atomic E-state index is -5.93. The van der Waals surface area contributed by atoms with Gasteiger partial charge in [0.05, 0.1) is 11.0 Å². The maximum absolute atomic E-state index is 14.3. The van der Waals surface area contributed by atoms with Crippen molar-refractivity contribution in [3.05, 3.63) is 64.5 Å². The van der Waals surface area contributed by atoms with Crippen molar-refractivity contribution in [1.82, 2.24) is 0 Å². The molecule has 0 aliphatic heterocycles. The highest BCUT2D eigenvalue weighted by Gasteiger charge is 2.57. The van der Waals surface area contributed by atoms with Crippen LogP contribution in [0.25, 0.3) is 22.1 Å². The zero-order chi connectivity index (χ0) is 38.8. The van der Waals surface area contributed by atoms with Crippen molar-refractivity contribution in [2.75, 3.05) is 13.2 Å². The van der Waals surface area contributed by atoms with E-state index >= 15 is 0 Å². The molecule has 0 bridgehead atoms. The summed E-state index contributed by atoms with van der Waals surface area (Å²) in [4.78, 5) is 25.5. The Kier molecular flexibility index (Phi) is 12.0. The molecule has 51 heavy (non-hydrogen) atoms. The van der Waals surface area contributed by atoms with Crippen LogP contribution >= 0.6 is 0 Å². The fourth-order valence-electron chi connectivity index (χ4n) is 5.23. The van der Waals surface area contributed by atoms with E-state index in [1.165, 1.54) is 19.1 Å². The monoisotopic (exact) mass is 740 g/mol. The lowest BCUT2D eigenvalue weighted by Gasteiger charge is -2.43. The molecule has 0 N–H and O–H groups in total. The summed E-state index contributed by atoms with van der Waals surface area (Å²) in [7, 11) is 0. The van der Waals surface area contributed by atoms with Gasteiger partial charge in [0.1, 0.15) is 11.3 Å². The van der Waals surface area contributed by atoms with E-state index in [9.17, 15) is 44.7 Å². The van der Waals surface area contributed by atoms with Gasteiger partial charge in [0.15, 0.2) is 13.2 Å². The van der Waals surface area contributed by atoms with Crippen molar-refractivity contribution >= 4 is 16.9 Å². The third kappa shape index (κ3) is 11.4. The number of hydrogen-bond donors (Lipinski definition) is 0. The minimum Gasteiger partial charge on any atom is -0.484 e. The standard InChI is InChI=1S/C35H40F8O8/c1-9-21-12-10-11-13-24(21)25-16-22-14-15-23(17-26(22)48-27(25)44)46-19-32(36,37)49-34(40,41)51-35(42,43)50-33(38,39)20-47-28(45)31(8,30(5,6)7)18-29(2,3)4/h10-17H,9,18-20H2,1-8H3. The Hall–Kier alpha value is -3.76. The quantitative estimate of drug-likeness (QED) is 0.0658. The van der Waals surface area contributed by atoms with Gasteiger partial charge in [-0.15, -0.1) is 17.6 Å². The van der Waals surface area contributed by atoms with Gasteiger partial charge in [0.25, 0.3) is 0 Å². The molecule has 1 heterocycles. The van der Waals surface area contributed by atoms with Crippen LogP contribution in [0, 0.1) is 16.2 Å². The average molecular weight is 741 g/mol. The number of fused-ring (bicyclic) bond motifs is 1. The zero-order valence-electron chi connectivity index (χ0n) is 29.2. The number of ether oxygens (including phenoxy) is 5. The fourth-order valence-corrected chi connectivity index (χ4v) is 5.23. The number of alkyl halides is 8. The molecule has 1 aromatic heterocycles. The van der Waals surface area contributed by atoms with E-state index < -0.39 is 71.6 Å². The van der Waals surface area contributed by atoms with E-state index in [-0.39, 0.29) is 17.6 Å². The molecule has 0 amide bonds. The van der Waals surface area contributed by atoms with Gasteiger partial charge >= 0.3 is 36.4 Å². The van der Waals surface area contributed by atoms with Gasteiger partial charge in [0, 0.05) is 11.5 Å². The summed E-state index contributed by atoms with van der Waals surface area (Å²) in [6, 6.07) is 12.0. The maximum atomic E-state index is 14.3. The van der Waals surface area contributed by atoms with Crippen molar-refractivity contribution in [3.8, 4) is 16.9 Å². The Balaban J connectivity index is 1.63. The molecule has 3 aromatic rings. The van der Waals surface area contributed by atoms with E-state index in [0.29, 0.717) is 17.4 Å². The van der Waals surface area contributed by atoms with Crippen LogP contribution in [0.1, 0.15) is 67.4 Å². The summed E-state index contributed by atoms with van der Waals surface area (Å²) >= 11 is 0. The van der Waals surface area contributed by atoms with Crippen LogP contribution in [0.2, 0.25) is 0 Å². The lowest BCUT2D eigenvalue weighted by molar-refractivity contribution is -0.574. The first-order valence-electron chi connectivity index (χ1n) is 15.7. The van der Waals surface area contributed by atoms with Crippen molar-refractivity contribution in [2.45, 2.75) is 93.0 Å². The molecule has 0 saturated heterocycles. The number of hydrogen-bond acceptors (Lipinski definition) is 8. The van der Waals surface area contributed by atoms with Gasteiger partial charge in [-0.2, -0.15) is 17.6 Å². The number of rotatable bonds is 15. The van der Waals surface area contributed by atoms with Gasteiger partial charge in [-0.05, 0) is 59.9 Å². The molecule has 0 saturated carbocycles. The first kappa shape index (κ1) is 41.7. The Morgan fingerprint density at radius 2 is 1.29 bits per heavy atom. The molecule has 2 aromatic carbocycles. The summed E-state index contributed by atoms with van der Waals surface area (Å²) in [6.07, 6.45) is -21.3. The Morgan fingerprint density at radius 3 is 1.84 bits per heavy atom. The minimum absolute atomic E-state index is 0.117. The van der Waals surface area contributed by atoms with Gasteiger partial charge < -0.3 is 13.9 Å². The Labute approximate surface area is 288 Å². The average Bonchev–Trinajstić information content (AvgIpc) is 2.95. The summed E-state index contributed by atoms with van der Waals surface area (Å²) in [5, 5.41) is 0.354. The summed E-state index contributed by atoms with van der Waals surface area (Å²) in [5.41, 5.74) is -1.93. The van der Waals surface area contributed by atoms with E-state index in [1.807, 2.05) is 13.0 Å². The van der Waals surface area contributed by atoms with Gasteiger partial charge in [-0.3, -0.25) is 4.79 Å². The second kappa shape index (κ2) is 14.7. The fraction of sp³-hybridized carbons (Fsp3) is 0.543. The predicted octanol–water partition coefficient (Wildman–Crippen LogP) is 9.77. The molecule has 3 rings (SSSR count). The highest BCUT2D eigenvalue weighted by Crippen LogP contribution is 2.48. The molecule has 0 spiro atoms. The molecular weight excluding hydrogens is 700 g/mol. The van der Waals surface area contributed by atoms with Gasteiger partial charge in [-0.25, -0.2) is 19.0 Å². The molecule has 8 nitrogen and oxygen atoms in total. The van der Waals surface area contributed by atoms with Crippen LogP contribution in [0.15, 0.2) is 57.7 Å². The van der Waals surface area contributed by atoms with E-state index in [4.69, 9.17) is 9.15 Å². The first-order valence-corrected chi connectivity index (χ1v) is 15.7. The predicted molar refractivity (Wildman–Crippen MR) is 168 cm³/mol. The highest BCUT2D eigenvalue weighted by molar-refractivity contribution is 5.83. The Bertz CT molecular complexity index is 1740. The largest absolute Gasteiger partial charge is 0.496 e. The van der Waals surface area contributed by atoms with Crippen molar-refractivity contribution < 1.29 is 68.0 Å². The first-order chi connectivity index (χ1) is 23.1. The molecule has 1 atom stereocenters. The van der Waals surface area contributed by atoms with Crippen molar-refractivity contribution in [3.63, 3.8) is 0 Å². The van der Waals surface area contributed by atoms with E-state index in [1.54, 1.807) is 59.7 Å². The van der Waals surface area contributed by atoms with Crippen molar-refractivity contribution in [2.24, 2.45) is 16.2 Å². The van der Waals surface area contributed by atoms with Gasteiger partial charge in [0.2, 0.25) is 0 Å². The lowest BCUT2D eigenvalue weighted by Crippen LogP contribution is -2.48. The molecule has 0 aliphatic carbocycles. The Morgan fingerprint density at radius 1 is 0.725 bits per heavy atom. The van der Waals surface area contributed by atoms with E-state index in [0.717, 1.165) is 17.7 Å². The summed E-state index contributed by atoms with van der Waals surface area (Å²) < 4.78 is 137. The van der Waals surface area contributed by atoms with Gasteiger partial charge in [-0.1, -0.05) is 72.7 Å². The molecule has 1 unspecified atom stereocenters. The number of halogens is 8. The SMILES string of the molecule is CCc1ccccc1-c1cc2ccc(OCC(F)(F)OC(F)(F)OC(F)(F)OC(F)(F)COC(=O)C(C)(CC(C)(C)C)C(C)(C)C)cc2oc1=O. The number of aryl methyl sites for hydroxylation is 1. The lowest BCUT2D eigenvalue weighted by atomic mass is 9.61. The van der Waals surface area contributed by atoms with Crippen molar-refractivity contribution in [1.29, 1.82) is 0 Å². The zero-order valence-corrected chi connectivity index (χ0v) is 29.2. The number of carbonyl (C=O) groups excluding carboxylic acids is 1. The third-order valence-corrected chi connectivity index (χ3v) is 7.94. The van der Waals surface area contributed by atoms with Crippen LogP contribution in [0.5, 0.6) is 5.75 Å². The smallest absolute Gasteiger partial charge is 0.484 e. The molecule has 0 fully saturated rings. The third-order valence-electron chi connectivity index (χ3n) is 7.94. The molecule has 284 valence electrons. The molecule has 16 heteroatoms. The molecular formula is C35H40F8O8. The molecule has 0 aliphatic rings. The summed E-state index contributed by atoms with van der Waals surface area (Å²) in [5.74, 6) is -1.63. The topological polar surface area (TPSA) is 93.4 Å². The van der Waals surface area contributed by atoms with E-state index in [2.05, 4.69) is 18.9 Å². The summed E-state index contributed by atoms with van der Waals surface area (Å²) in [6.45, 7) is 9.36. The van der Waals surface area contributed by atoms with Crippen LogP contribution < -0.4 is 10.4 Å². The maximum Gasteiger partial charge on any atom is 0.496 e. The van der Waals surface area contributed by atoms with Crippen LogP contribution in [-0.4, -0.2) is 44.0 Å². The molecule has 0 radical (unpaired) electrons. The highest BCUT2D eigenvalue weighted by atomic mass is 19.3. The number of carbonyl (C=O) groups is 1. The normalized spacial score (nSPS) is 14.7. The number of esters is 1. The van der Waals surface area contributed by atoms with Crippen LogP contribution in [-0.2, 0) is 30.2 Å². The van der Waals surface area contributed by atoms with Crippen LogP contribution in [0.4, 0.5) is 35.1 Å². The number of benzene rings is 2. The second-order valence-corrected chi connectivity index (χ2v) is 14.3.